The maximum atomic E-state index is 12.9. The maximum absolute atomic E-state index is 12.9. The van der Waals surface area contributed by atoms with E-state index in [1.54, 1.807) is 0 Å². The number of halogens is 2. The Morgan fingerprint density at radius 2 is 2.19 bits per heavy atom. The van der Waals surface area contributed by atoms with Gasteiger partial charge >= 0.3 is 0 Å². The molecule has 0 radical (unpaired) electrons. The molecular formula is C15H19ClFNO3. The van der Waals surface area contributed by atoms with E-state index in [1.807, 2.05) is 0 Å². The third-order valence-electron chi connectivity index (χ3n) is 3.74. The van der Waals surface area contributed by atoms with Gasteiger partial charge in [0.2, 0.25) is 0 Å². The minimum Gasteiger partial charge on any atom is -0.482 e. The van der Waals surface area contributed by atoms with Gasteiger partial charge < -0.3 is 15.2 Å². The van der Waals surface area contributed by atoms with Crippen LogP contribution in [0.1, 0.15) is 25.7 Å². The molecule has 1 aliphatic carbocycles. The maximum Gasteiger partial charge on any atom is 0.258 e. The quantitative estimate of drug-likeness (QED) is 0.878. The van der Waals surface area contributed by atoms with E-state index in [1.165, 1.54) is 12.1 Å². The van der Waals surface area contributed by atoms with Gasteiger partial charge in [-0.15, -0.1) is 0 Å². The zero-order chi connectivity index (χ0) is 15.2. The second kappa shape index (κ2) is 7.61. The summed E-state index contributed by atoms with van der Waals surface area (Å²) >= 11 is 5.82. The van der Waals surface area contributed by atoms with Crippen LogP contribution in [-0.2, 0) is 4.79 Å². The summed E-state index contributed by atoms with van der Waals surface area (Å²) in [5.74, 6) is -0.335. The van der Waals surface area contributed by atoms with Crippen LogP contribution in [0, 0.1) is 11.7 Å². The highest BCUT2D eigenvalue weighted by atomic mass is 35.5. The topological polar surface area (TPSA) is 58.6 Å². The van der Waals surface area contributed by atoms with E-state index < -0.39 is 5.82 Å². The summed E-state index contributed by atoms with van der Waals surface area (Å²) in [6.45, 7) is -0.102. The predicted octanol–water partition coefficient (Wildman–Crippen LogP) is 2.53. The lowest BCUT2D eigenvalue weighted by Crippen LogP contribution is -2.45. The van der Waals surface area contributed by atoms with Crippen molar-refractivity contribution in [2.24, 2.45) is 5.92 Å². The van der Waals surface area contributed by atoms with Gasteiger partial charge in [-0.2, -0.15) is 0 Å². The normalized spacial score (nSPS) is 21.9. The highest BCUT2D eigenvalue weighted by Gasteiger charge is 2.25. The Hall–Kier alpha value is -1.33. The summed E-state index contributed by atoms with van der Waals surface area (Å²) in [6.07, 6.45) is 3.92. The van der Waals surface area contributed by atoms with Gasteiger partial charge in [-0.3, -0.25) is 4.79 Å². The van der Waals surface area contributed by atoms with E-state index >= 15 is 0 Å². The Bertz CT molecular complexity index is 498. The number of amides is 1. The third-order valence-corrected chi connectivity index (χ3v) is 4.04. The van der Waals surface area contributed by atoms with Crippen LogP contribution < -0.4 is 10.1 Å². The summed E-state index contributed by atoms with van der Waals surface area (Å²) in [5, 5.41) is 12.3. The molecule has 0 aliphatic heterocycles. The highest BCUT2D eigenvalue weighted by Crippen LogP contribution is 2.25. The van der Waals surface area contributed by atoms with Crippen LogP contribution in [0.4, 0.5) is 4.39 Å². The van der Waals surface area contributed by atoms with Crippen LogP contribution in [0.2, 0.25) is 5.02 Å². The number of ether oxygens (including phenoxy) is 1. The summed E-state index contributed by atoms with van der Waals surface area (Å²) in [5.41, 5.74) is 0. The van der Waals surface area contributed by atoms with Gasteiger partial charge in [-0.05, 0) is 31.0 Å². The summed E-state index contributed by atoms with van der Waals surface area (Å²) in [7, 11) is 0. The Morgan fingerprint density at radius 1 is 1.43 bits per heavy atom. The van der Waals surface area contributed by atoms with Gasteiger partial charge in [0.05, 0.1) is 5.02 Å². The molecule has 2 atom stereocenters. The van der Waals surface area contributed by atoms with Crippen LogP contribution in [0.25, 0.3) is 0 Å². The van der Waals surface area contributed by atoms with Crippen molar-refractivity contribution in [3.63, 3.8) is 0 Å². The van der Waals surface area contributed by atoms with Crippen LogP contribution in [0.15, 0.2) is 18.2 Å². The zero-order valence-electron chi connectivity index (χ0n) is 11.6. The fourth-order valence-corrected chi connectivity index (χ4v) is 2.82. The molecule has 0 bridgehead atoms. The molecule has 2 unspecified atom stereocenters. The molecule has 1 aliphatic rings. The third kappa shape index (κ3) is 4.58. The molecule has 1 aromatic rings. The van der Waals surface area contributed by atoms with Gasteiger partial charge in [-0.1, -0.05) is 24.4 Å². The molecule has 4 nitrogen and oxygen atoms in total. The molecule has 21 heavy (non-hydrogen) atoms. The lowest BCUT2D eigenvalue weighted by molar-refractivity contribution is -0.124. The molecule has 2 N–H and O–H groups in total. The Labute approximate surface area is 128 Å². The number of hydrogen-bond acceptors (Lipinski definition) is 3. The molecule has 0 aromatic heterocycles. The summed E-state index contributed by atoms with van der Waals surface area (Å²) in [6, 6.07) is 3.74. The SMILES string of the molecule is O=C(COc1ccc(F)cc1Cl)NC1CCCCC1CO. The number of aliphatic hydroxyl groups excluding tert-OH is 1. The van der Waals surface area contributed by atoms with Crippen molar-refractivity contribution in [1.29, 1.82) is 0 Å². The first-order valence-corrected chi connectivity index (χ1v) is 7.46. The summed E-state index contributed by atoms with van der Waals surface area (Å²) < 4.78 is 18.2. The highest BCUT2D eigenvalue weighted by molar-refractivity contribution is 6.32. The number of carbonyl (C=O) groups excluding carboxylic acids is 1. The Balaban J connectivity index is 1.84. The monoisotopic (exact) mass is 315 g/mol. The van der Waals surface area contributed by atoms with E-state index in [4.69, 9.17) is 16.3 Å². The number of aliphatic hydroxyl groups is 1. The Kier molecular flexibility index (Phi) is 5.82. The summed E-state index contributed by atoms with van der Waals surface area (Å²) in [4.78, 5) is 11.9. The van der Waals surface area contributed by atoms with Crippen molar-refractivity contribution in [2.75, 3.05) is 13.2 Å². The number of hydrogen-bond donors (Lipinski definition) is 2. The minimum atomic E-state index is -0.454. The van der Waals surface area contributed by atoms with Crippen molar-refractivity contribution in [3.8, 4) is 5.75 Å². The van der Waals surface area contributed by atoms with Gasteiger partial charge in [-0.25, -0.2) is 4.39 Å². The van der Waals surface area contributed by atoms with E-state index in [0.717, 1.165) is 31.7 Å². The van der Waals surface area contributed by atoms with Crippen molar-refractivity contribution >= 4 is 17.5 Å². The Morgan fingerprint density at radius 3 is 2.90 bits per heavy atom. The van der Waals surface area contributed by atoms with Crippen LogP contribution in [0.5, 0.6) is 5.75 Å². The van der Waals surface area contributed by atoms with E-state index in [9.17, 15) is 14.3 Å². The molecule has 1 fully saturated rings. The molecule has 6 heteroatoms. The van der Waals surface area contributed by atoms with Crippen molar-refractivity contribution in [1.82, 2.24) is 5.32 Å². The lowest BCUT2D eigenvalue weighted by Gasteiger charge is -2.30. The molecule has 116 valence electrons. The first-order chi connectivity index (χ1) is 10.1. The number of rotatable bonds is 5. The second-order valence-electron chi connectivity index (χ2n) is 5.26. The molecule has 0 spiro atoms. The minimum absolute atomic E-state index is 0.0106. The second-order valence-corrected chi connectivity index (χ2v) is 5.67. The molecule has 1 amide bonds. The largest absolute Gasteiger partial charge is 0.482 e. The number of nitrogens with one attached hydrogen (secondary N) is 1. The van der Waals surface area contributed by atoms with Gasteiger partial charge in [0.1, 0.15) is 11.6 Å². The molecule has 1 saturated carbocycles. The first kappa shape index (κ1) is 16.0. The average Bonchev–Trinajstić information content (AvgIpc) is 2.47. The fourth-order valence-electron chi connectivity index (χ4n) is 2.60. The van der Waals surface area contributed by atoms with Gasteiger partial charge in [0, 0.05) is 18.6 Å². The molecular weight excluding hydrogens is 297 g/mol. The fraction of sp³-hybridized carbons (Fsp3) is 0.533. The van der Waals surface area contributed by atoms with Gasteiger partial charge in [0.25, 0.3) is 5.91 Å². The predicted molar refractivity (Wildman–Crippen MR) is 77.9 cm³/mol. The zero-order valence-corrected chi connectivity index (χ0v) is 12.4. The van der Waals surface area contributed by atoms with Crippen LogP contribution in [-0.4, -0.2) is 30.3 Å². The number of carbonyl (C=O) groups is 1. The first-order valence-electron chi connectivity index (χ1n) is 7.08. The number of benzene rings is 1. The van der Waals surface area contributed by atoms with Crippen LogP contribution in [0.3, 0.4) is 0 Å². The van der Waals surface area contributed by atoms with Crippen LogP contribution >= 0.6 is 11.6 Å². The smallest absolute Gasteiger partial charge is 0.258 e. The molecule has 0 heterocycles. The van der Waals surface area contributed by atoms with E-state index in [0.29, 0.717) is 0 Å². The van der Waals surface area contributed by atoms with E-state index in [-0.39, 0.29) is 41.9 Å². The van der Waals surface area contributed by atoms with Crippen molar-refractivity contribution in [3.05, 3.63) is 29.0 Å². The van der Waals surface area contributed by atoms with Crippen molar-refractivity contribution < 1.29 is 19.0 Å². The van der Waals surface area contributed by atoms with E-state index in [2.05, 4.69) is 5.32 Å². The molecule has 2 rings (SSSR count). The lowest BCUT2D eigenvalue weighted by atomic mass is 9.85. The standard InChI is InChI=1S/C15H19ClFNO3/c16-12-7-11(17)5-6-14(12)21-9-15(20)18-13-4-2-1-3-10(13)8-19/h5-7,10,13,19H,1-4,8-9H2,(H,18,20). The van der Waals surface area contributed by atoms with Gasteiger partial charge in [0.15, 0.2) is 6.61 Å². The van der Waals surface area contributed by atoms with Crippen molar-refractivity contribution in [2.45, 2.75) is 31.7 Å². The molecule has 0 saturated heterocycles. The average molecular weight is 316 g/mol. The molecule has 1 aromatic carbocycles.